The quantitative estimate of drug-likeness (QED) is 0.661. The molecule has 0 rings (SSSR count). The van der Waals surface area contributed by atoms with Crippen molar-refractivity contribution in [1.29, 1.82) is 0 Å². The molecule has 0 aliphatic heterocycles. The lowest BCUT2D eigenvalue weighted by Gasteiger charge is -2.28. The fraction of sp³-hybridized carbons (Fsp3) is 1.00. The minimum Gasteiger partial charge on any atom is -0.396 e. The number of aliphatic hydroxyl groups excluding tert-OH is 2. The molecule has 2 N–H and O–H groups in total. The van der Waals surface area contributed by atoms with Crippen molar-refractivity contribution in [1.82, 2.24) is 0 Å². The van der Waals surface area contributed by atoms with Crippen molar-refractivity contribution >= 4 is 0 Å². The molecule has 0 aromatic carbocycles. The van der Waals surface area contributed by atoms with Crippen molar-refractivity contribution in [2.24, 2.45) is 5.92 Å². The molecule has 80 valence electrons. The summed E-state index contributed by atoms with van der Waals surface area (Å²) in [6.45, 7) is 7.70. The number of hydrogen-bond acceptors (Lipinski definition) is 3. The van der Waals surface area contributed by atoms with Crippen LogP contribution in [0, 0.1) is 5.92 Å². The first-order chi connectivity index (χ1) is 6.02. The van der Waals surface area contributed by atoms with Crippen LogP contribution in [0.5, 0.6) is 0 Å². The molecule has 0 amide bonds. The summed E-state index contributed by atoms with van der Waals surface area (Å²) in [5, 5.41) is 18.6. The van der Waals surface area contributed by atoms with Gasteiger partial charge in [0.15, 0.2) is 0 Å². The van der Waals surface area contributed by atoms with Gasteiger partial charge in [0, 0.05) is 12.5 Å². The highest BCUT2D eigenvalue weighted by Gasteiger charge is 2.25. The summed E-state index contributed by atoms with van der Waals surface area (Å²) in [6, 6.07) is 0. The van der Waals surface area contributed by atoms with Crippen molar-refractivity contribution < 1.29 is 14.9 Å². The summed E-state index contributed by atoms with van der Waals surface area (Å²) in [5.41, 5.74) is 0. The van der Waals surface area contributed by atoms with Gasteiger partial charge in [-0.25, -0.2) is 0 Å². The lowest BCUT2D eigenvalue weighted by Crippen LogP contribution is -2.37. The van der Waals surface area contributed by atoms with E-state index in [9.17, 15) is 5.11 Å². The molecule has 0 heterocycles. The van der Waals surface area contributed by atoms with E-state index in [1.54, 1.807) is 0 Å². The van der Waals surface area contributed by atoms with Gasteiger partial charge in [-0.1, -0.05) is 13.8 Å². The van der Waals surface area contributed by atoms with E-state index < -0.39 is 6.10 Å². The van der Waals surface area contributed by atoms with Crippen LogP contribution in [0.15, 0.2) is 0 Å². The van der Waals surface area contributed by atoms with Crippen LogP contribution in [0.1, 0.15) is 34.1 Å². The third-order valence-corrected chi connectivity index (χ3v) is 2.08. The Morgan fingerprint density at radius 2 is 1.77 bits per heavy atom. The van der Waals surface area contributed by atoms with E-state index in [0.717, 1.165) is 0 Å². The summed E-state index contributed by atoms with van der Waals surface area (Å²) in [6.07, 6.45) is 0.00148. The van der Waals surface area contributed by atoms with Crippen molar-refractivity contribution in [3.05, 3.63) is 0 Å². The van der Waals surface area contributed by atoms with Gasteiger partial charge in [0.1, 0.15) is 0 Å². The standard InChI is InChI=1S/C10H22O3/c1-5-9(12)10(8(4)6-11)13-7(2)3/h7-12H,5-6H2,1-4H3/t8-,9+,10-/m0/s1. The third-order valence-electron chi connectivity index (χ3n) is 2.08. The molecule has 0 spiro atoms. The van der Waals surface area contributed by atoms with Crippen molar-refractivity contribution in [3.8, 4) is 0 Å². The first kappa shape index (κ1) is 12.9. The maximum Gasteiger partial charge on any atom is 0.0884 e. The Bertz CT molecular complexity index is 115. The van der Waals surface area contributed by atoms with E-state index in [1.807, 2.05) is 27.7 Å². The van der Waals surface area contributed by atoms with Crippen LogP contribution < -0.4 is 0 Å². The van der Waals surface area contributed by atoms with Gasteiger partial charge in [0.05, 0.1) is 18.3 Å². The van der Waals surface area contributed by atoms with E-state index in [0.29, 0.717) is 6.42 Å². The number of rotatable bonds is 6. The molecule has 3 heteroatoms. The Hall–Kier alpha value is -0.120. The molecule has 0 saturated carbocycles. The summed E-state index contributed by atoms with van der Waals surface area (Å²) >= 11 is 0. The Labute approximate surface area is 80.7 Å². The maximum atomic E-state index is 9.63. The van der Waals surface area contributed by atoms with Gasteiger partial charge in [-0.15, -0.1) is 0 Å². The molecule has 3 atom stereocenters. The lowest BCUT2D eigenvalue weighted by molar-refractivity contribution is -0.0989. The highest BCUT2D eigenvalue weighted by atomic mass is 16.5. The Morgan fingerprint density at radius 1 is 1.23 bits per heavy atom. The average molecular weight is 190 g/mol. The smallest absolute Gasteiger partial charge is 0.0884 e. The van der Waals surface area contributed by atoms with Crippen LogP contribution in [0.2, 0.25) is 0 Å². The second-order valence-corrected chi connectivity index (χ2v) is 3.78. The minimum atomic E-state index is -0.482. The fourth-order valence-corrected chi connectivity index (χ4v) is 1.25. The second kappa shape index (κ2) is 6.35. The predicted molar refractivity (Wildman–Crippen MR) is 52.6 cm³/mol. The lowest BCUT2D eigenvalue weighted by atomic mass is 9.98. The number of hydrogen-bond donors (Lipinski definition) is 2. The minimum absolute atomic E-state index is 0.0163. The molecule has 0 aliphatic carbocycles. The first-order valence-corrected chi connectivity index (χ1v) is 4.97. The van der Waals surface area contributed by atoms with E-state index in [4.69, 9.17) is 9.84 Å². The largest absolute Gasteiger partial charge is 0.396 e. The van der Waals surface area contributed by atoms with Gasteiger partial charge in [-0.2, -0.15) is 0 Å². The van der Waals surface area contributed by atoms with E-state index in [-0.39, 0.29) is 24.7 Å². The van der Waals surface area contributed by atoms with Crippen molar-refractivity contribution in [2.75, 3.05) is 6.61 Å². The zero-order chi connectivity index (χ0) is 10.4. The van der Waals surface area contributed by atoms with Crippen LogP contribution in [0.4, 0.5) is 0 Å². The zero-order valence-electron chi connectivity index (χ0n) is 9.03. The third kappa shape index (κ3) is 4.60. The molecule has 0 aliphatic rings. The first-order valence-electron chi connectivity index (χ1n) is 4.97. The van der Waals surface area contributed by atoms with E-state index >= 15 is 0 Å². The molecule has 0 unspecified atom stereocenters. The SMILES string of the molecule is CC[C@@H](O)[C@@H](OC(C)C)[C@@H](C)CO. The molecule has 13 heavy (non-hydrogen) atoms. The van der Waals surface area contributed by atoms with Gasteiger partial charge < -0.3 is 14.9 Å². The van der Waals surface area contributed by atoms with Gasteiger partial charge in [-0.3, -0.25) is 0 Å². The van der Waals surface area contributed by atoms with E-state index in [2.05, 4.69) is 0 Å². The second-order valence-electron chi connectivity index (χ2n) is 3.78. The molecule has 3 nitrogen and oxygen atoms in total. The van der Waals surface area contributed by atoms with Gasteiger partial charge in [0.25, 0.3) is 0 Å². The van der Waals surface area contributed by atoms with E-state index in [1.165, 1.54) is 0 Å². The van der Waals surface area contributed by atoms with Crippen molar-refractivity contribution in [3.63, 3.8) is 0 Å². The number of ether oxygens (including phenoxy) is 1. The predicted octanol–water partition coefficient (Wildman–Crippen LogP) is 1.18. The Morgan fingerprint density at radius 3 is 2.08 bits per heavy atom. The van der Waals surface area contributed by atoms with Crippen LogP contribution in [0.3, 0.4) is 0 Å². The topological polar surface area (TPSA) is 49.7 Å². The Balaban J connectivity index is 4.17. The summed E-state index contributed by atoms with van der Waals surface area (Å²) in [5.74, 6) is -0.0163. The van der Waals surface area contributed by atoms with Crippen LogP contribution in [0.25, 0.3) is 0 Å². The van der Waals surface area contributed by atoms with Crippen LogP contribution >= 0.6 is 0 Å². The zero-order valence-corrected chi connectivity index (χ0v) is 9.03. The van der Waals surface area contributed by atoms with Crippen LogP contribution in [-0.2, 0) is 4.74 Å². The highest BCUT2D eigenvalue weighted by molar-refractivity contribution is 4.74. The summed E-state index contributed by atoms with van der Waals surface area (Å²) in [7, 11) is 0. The molecular weight excluding hydrogens is 168 g/mol. The molecule has 0 radical (unpaired) electrons. The Kier molecular flexibility index (Phi) is 6.29. The molecule has 0 bridgehead atoms. The summed E-state index contributed by atoms with van der Waals surface area (Å²) < 4.78 is 5.55. The molecular formula is C10H22O3. The number of aliphatic hydroxyl groups is 2. The molecule has 0 saturated heterocycles. The monoisotopic (exact) mass is 190 g/mol. The highest BCUT2D eigenvalue weighted by Crippen LogP contribution is 2.15. The van der Waals surface area contributed by atoms with Gasteiger partial charge >= 0.3 is 0 Å². The molecule has 0 fully saturated rings. The maximum absolute atomic E-state index is 9.63. The van der Waals surface area contributed by atoms with Crippen LogP contribution in [-0.4, -0.2) is 35.1 Å². The average Bonchev–Trinajstić information content (AvgIpc) is 2.11. The molecule has 0 aromatic rings. The van der Waals surface area contributed by atoms with Gasteiger partial charge in [-0.05, 0) is 20.3 Å². The van der Waals surface area contributed by atoms with Crippen molar-refractivity contribution in [2.45, 2.75) is 52.4 Å². The summed E-state index contributed by atoms with van der Waals surface area (Å²) in [4.78, 5) is 0. The normalized spacial score (nSPS) is 18.7. The van der Waals surface area contributed by atoms with Gasteiger partial charge in [0.2, 0.25) is 0 Å². The fourth-order valence-electron chi connectivity index (χ4n) is 1.25. The molecule has 0 aromatic heterocycles.